The largest absolute Gasteiger partial charge is 0.424 e. The smallest absolute Gasteiger partial charge is 0.328 e. The third-order valence-electron chi connectivity index (χ3n) is 5.45. The minimum absolute atomic E-state index is 0.0106. The number of fused-ring (bicyclic) bond motifs is 2. The maximum Gasteiger partial charge on any atom is 0.328 e. The highest BCUT2D eigenvalue weighted by atomic mass is 32.1. The molecule has 4 heterocycles. The molecule has 3 aromatic heterocycles. The molecule has 1 aliphatic rings. The Balaban J connectivity index is 1.48. The third kappa shape index (κ3) is 4.08. The zero-order valence-electron chi connectivity index (χ0n) is 18.1. The molecule has 10 nitrogen and oxygen atoms in total. The van der Waals surface area contributed by atoms with E-state index in [9.17, 15) is 8.78 Å². The number of alkyl halides is 2. The number of halogens is 2. The van der Waals surface area contributed by atoms with Gasteiger partial charge in [-0.05, 0) is 24.3 Å². The lowest BCUT2D eigenvalue weighted by atomic mass is 10.3. The maximum absolute atomic E-state index is 14.0. The second-order valence-corrected chi connectivity index (χ2v) is 8.76. The lowest BCUT2D eigenvalue weighted by Gasteiger charge is -2.27. The molecule has 0 spiro atoms. The number of imidazole rings is 1. The van der Waals surface area contributed by atoms with Gasteiger partial charge in [-0.1, -0.05) is 23.5 Å². The molecule has 2 N–H and O–H groups in total. The lowest BCUT2D eigenvalue weighted by Crippen LogP contribution is -2.37. The number of aromatic nitrogens is 6. The summed E-state index contributed by atoms with van der Waals surface area (Å²) in [4.78, 5) is 23.6. The normalized spacial score (nSPS) is 14.3. The molecule has 0 unspecified atom stereocenters. The van der Waals surface area contributed by atoms with Crippen molar-refractivity contribution in [3.05, 3.63) is 48.3 Å². The van der Waals surface area contributed by atoms with Crippen LogP contribution in [0.5, 0.6) is 11.8 Å². The highest BCUT2D eigenvalue weighted by molar-refractivity contribution is 7.22. The van der Waals surface area contributed by atoms with Crippen LogP contribution < -0.4 is 15.4 Å². The number of nitrogens with two attached hydrogens (primary N) is 1. The van der Waals surface area contributed by atoms with Crippen molar-refractivity contribution in [3.63, 3.8) is 0 Å². The fraction of sp³-hybridized carbons (Fsp3) is 0.227. The van der Waals surface area contributed by atoms with Gasteiger partial charge in [0, 0.05) is 19.2 Å². The second-order valence-electron chi connectivity index (χ2n) is 7.70. The van der Waals surface area contributed by atoms with Gasteiger partial charge in [-0.25, -0.2) is 18.7 Å². The number of benzene rings is 2. The number of thiazole rings is 1. The highest BCUT2D eigenvalue weighted by Gasteiger charge is 2.25. The monoisotopic (exact) mass is 496 g/mol. The van der Waals surface area contributed by atoms with Gasteiger partial charge < -0.3 is 20.1 Å². The molecule has 0 atom stereocenters. The van der Waals surface area contributed by atoms with Crippen molar-refractivity contribution in [2.75, 3.05) is 36.9 Å². The molecule has 0 radical (unpaired) electrons. The first-order chi connectivity index (χ1) is 17.0. The SMILES string of the molecule is Nc1nc2ccc(Oc3nc(N4CCOCC4)nc(-n4c(C(F)F)nc5ccccc54)n3)cc2s1. The number of para-hydroxylation sites is 2. The molecule has 0 amide bonds. The number of ether oxygens (including phenoxy) is 2. The first-order valence-electron chi connectivity index (χ1n) is 10.7. The molecule has 178 valence electrons. The first-order valence-corrected chi connectivity index (χ1v) is 11.6. The van der Waals surface area contributed by atoms with E-state index in [0.717, 1.165) is 10.2 Å². The number of rotatable bonds is 5. The molecule has 1 aliphatic heterocycles. The molecule has 5 aromatic rings. The summed E-state index contributed by atoms with van der Waals surface area (Å²) in [7, 11) is 0. The molecule has 6 rings (SSSR count). The Kier molecular flexibility index (Phi) is 5.34. The van der Waals surface area contributed by atoms with Crippen LogP contribution >= 0.6 is 11.3 Å². The quantitative estimate of drug-likeness (QED) is 0.386. The standard InChI is InChI=1S/C22H18F2N8O2S/c23-17(24)18-26-13-3-1-2-4-15(13)32(18)21-28-20(31-7-9-33-10-8-31)29-22(30-21)34-12-5-6-14-16(11-12)35-19(25)27-14/h1-6,11,17H,7-10H2,(H2,25,27). The molecule has 13 heteroatoms. The van der Waals surface area contributed by atoms with E-state index in [0.29, 0.717) is 54.2 Å². The van der Waals surface area contributed by atoms with Crippen molar-refractivity contribution < 1.29 is 18.3 Å². The average Bonchev–Trinajstić information content (AvgIpc) is 3.44. The van der Waals surface area contributed by atoms with Gasteiger partial charge in [0.1, 0.15) is 5.75 Å². The Morgan fingerprint density at radius 2 is 1.74 bits per heavy atom. The minimum Gasteiger partial charge on any atom is -0.424 e. The summed E-state index contributed by atoms with van der Waals surface area (Å²) in [5.41, 5.74) is 7.41. The van der Waals surface area contributed by atoms with Crippen molar-refractivity contribution >= 4 is 43.7 Å². The zero-order valence-corrected chi connectivity index (χ0v) is 19.0. The summed E-state index contributed by atoms with van der Waals surface area (Å²) < 4.78 is 41.4. The summed E-state index contributed by atoms with van der Waals surface area (Å²) in [6.45, 7) is 2.08. The fourth-order valence-electron chi connectivity index (χ4n) is 3.88. The van der Waals surface area contributed by atoms with Gasteiger partial charge in [0.25, 0.3) is 6.43 Å². The van der Waals surface area contributed by atoms with Crippen molar-refractivity contribution in [1.29, 1.82) is 0 Å². The molecule has 35 heavy (non-hydrogen) atoms. The van der Waals surface area contributed by atoms with Crippen molar-refractivity contribution in [2.45, 2.75) is 6.43 Å². The molecule has 0 saturated carbocycles. The van der Waals surface area contributed by atoms with Crippen LogP contribution in [0.15, 0.2) is 42.5 Å². The van der Waals surface area contributed by atoms with Gasteiger partial charge in [0.2, 0.25) is 11.9 Å². The number of anilines is 2. The summed E-state index contributed by atoms with van der Waals surface area (Å²) in [5, 5.41) is 0.445. The van der Waals surface area contributed by atoms with Crippen LogP contribution in [0.1, 0.15) is 12.2 Å². The predicted octanol–water partition coefficient (Wildman–Crippen LogP) is 3.97. The number of hydrogen-bond acceptors (Lipinski definition) is 10. The van der Waals surface area contributed by atoms with Crippen LogP contribution in [0.4, 0.5) is 19.9 Å². The zero-order chi connectivity index (χ0) is 23.9. The van der Waals surface area contributed by atoms with Gasteiger partial charge in [-0.15, -0.1) is 0 Å². The minimum atomic E-state index is -2.84. The van der Waals surface area contributed by atoms with Crippen LogP contribution in [-0.4, -0.2) is 55.8 Å². The van der Waals surface area contributed by atoms with Gasteiger partial charge in [-0.2, -0.15) is 15.0 Å². The van der Waals surface area contributed by atoms with Crippen molar-refractivity contribution in [1.82, 2.24) is 29.5 Å². The molecule has 0 bridgehead atoms. The maximum atomic E-state index is 14.0. The van der Waals surface area contributed by atoms with E-state index in [4.69, 9.17) is 15.2 Å². The van der Waals surface area contributed by atoms with E-state index in [1.54, 1.807) is 42.5 Å². The Bertz CT molecular complexity index is 1530. The summed E-state index contributed by atoms with van der Waals surface area (Å²) in [6.07, 6.45) is -2.84. The Morgan fingerprint density at radius 3 is 2.57 bits per heavy atom. The topological polar surface area (TPSA) is 117 Å². The van der Waals surface area contributed by atoms with E-state index in [2.05, 4.69) is 24.9 Å². The molecule has 0 aliphatic carbocycles. The molecule has 2 aromatic carbocycles. The molecule has 1 fully saturated rings. The molecule has 1 saturated heterocycles. The van der Waals surface area contributed by atoms with Gasteiger partial charge in [-0.3, -0.25) is 4.57 Å². The summed E-state index contributed by atoms with van der Waals surface area (Å²) in [6, 6.07) is 12.1. The van der Waals surface area contributed by atoms with Crippen LogP contribution in [0.25, 0.3) is 27.2 Å². The lowest BCUT2D eigenvalue weighted by molar-refractivity contribution is 0.122. The highest BCUT2D eigenvalue weighted by Crippen LogP contribution is 2.31. The summed E-state index contributed by atoms with van der Waals surface area (Å²) in [5.74, 6) is 0.284. The van der Waals surface area contributed by atoms with Crippen LogP contribution in [-0.2, 0) is 4.74 Å². The second kappa shape index (κ2) is 8.67. The summed E-state index contributed by atoms with van der Waals surface area (Å²) >= 11 is 1.33. The van der Waals surface area contributed by atoms with E-state index < -0.39 is 12.2 Å². The van der Waals surface area contributed by atoms with Crippen LogP contribution in [0, 0.1) is 0 Å². The Labute approximate surface area is 201 Å². The number of hydrogen-bond donors (Lipinski definition) is 1. The third-order valence-corrected chi connectivity index (χ3v) is 6.30. The van der Waals surface area contributed by atoms with E-state index in [1.807, 2.05) is 4.90 Å². The van der Waals surface area contributed by atoms with E-state index in [-0.39, 0.29) is 12.0 Å². The predicted molar refractivity (Wildman–Crippen MR) is 127 cm³/mol. The fourth-order valence-corrected chi connectivity index (χ4v) is 4.64. The Hall–Kier alpha value is -3.97. The van der Waals surface area contributed by atoms with E-state index in [1.165, 1.54) is 15.9 Å². The molecular formula is C22H18F2N8O2S. The van der Waals surface area contributed by atoms with E-state index >= 15 is 0 Å². The van der Waals surface area contributed by atoms with Gasteiger partial charge in [0.05, 0.1) is 34.5 Å². The van der Waals surface area contributed by atoms with Crippen LogP contribution in [0.2, 0.25) is 0 Å². The number of morpholine rings is 1. The van der Waals surface area contributed by atoms with Gasteiger partial charge >= 0.3 is 6.01 Å². The van der Waals surface area contributed by atoms with Crippen LogP contribution in [0.3, 0.4) is 0 Å². The first kappa shape index (κ1) is 21.6. The number of nitrogen functional groups attached to an aromatic ring is 1. The average molecular weight is 497 g/mol. The Morgan fingerprint density at radius 1 is 0.943 bits per heavy atom. The van der Waals surface area contributed by atoms with Crippen molar-refractivity contribution in [3.8, 4) is 17.7 Å². The van der Waals surface area contributed by atoms with Gasteiger partial charge in [0.15, 0.2) is 11.0 Å². The van der Waals surface area contributed by atoms with Crippen molar-refractivity contribution in [2.24, 2.45) is 0 Å². The molecular weight excluding hydrogens is 478 g/mol. The number of nitrogens with zero attached hydrogens (tertiary/aromatic N) is 7.